The van der Waals surface area contributed by atoms with Crippen molar-refractivity contribution in [1.82, 2.24) is 4.90 Å². The Morgan fingerprint density at radius 1 is 1.29 bits per heavy atom. The maximum absolute atomic E-state index is 13.5. The fraction of sp³-hybridized carbons (Fsp3) is 0.647. The highest BCUT2D eigenvalue weighted by Gasteiger charge is 2.24. The van der Waals surface area contributed by atoms with Crippen LogP contribution in [0.5, 0.6) is 5.75 Å². The van der Waals surface area contributed by atoms with Gasteiger partial charge in [-0.2, -0.15) is 0 Å². The van der Waals surface area contributed by atoms with Crippen LogP contribution >= 0.6 is 0 Å². The van der Waals surface area contributed by atoms with Gasteiger partial charge >= 0.3 is 0 Å². The standard InChI is InChI=1S/C17H27FN2O/c1-3-10-20(16-7-5-15(19)6-8-16)12-13-11-14(18)4-9-17(13)21-2/h4,9,11,15-16H,3,5-8,10,12,19H2,1-2H3. The van der Waals surface area contributed by atoms with Crippen molar-refractivity contribution >= 4 is 0 Å². The van der Waals surface area contributed by atoms with Gasteiger partial charge in [-0.25, -0.2) is 4.39 Å². The SMILES string of the molecule is CCCN(Cc1cc(F)ccc1OC)C1CCC(N)CC1. The van der Waals surface area contributed by atoms with E-state index in [0.29, 0.717) is 12.1 Å². The number of hydrogen-bond acceptors (Lipinski definition) is 3. The smallest absolute Gasteiger partial charge is 0.123 e. The van der Waals surface area contributed by atoms with Crippen LogP contribution in [0.4, 0.5) is 4.39 Å². The summed E-state index contributed by atoms with van der Waals surface area (Å²) in [4.78, 5) is 2.46. The van der Waals surface area contributed by atoms with Crippen LogP contribution in [0.25, 0.3) is 0 Å². The number of methoxy groups -OCH3 is 1. The van der Waals surface area contributed by atoms with Gasteiger partial charge in [0.2, 0.25) is 0 Å². The van der Waals surface area contributed by atoms with Gasteiger partial charge in [0.15, 0.2) is 0 Å². The van der Waals surface area contributed by atoms with Crippen LogP contribution in [0.1, 0.15) is 44.6 Å². The summed E-state index contributed by atoms with van der Waals surface area (Å²) in [5.41, 5.74) is 6.93. The van der Waals surface area contributed by atoms with Gasteiger partial charge in [0.05, 0.1) is 7.11 Å². The van der Waals surface area contributed by atoms with E-state index in [1.807, 2.05) is 0 Å². The lowest BCUT2D eigenvalue weighted by atomic mass is 9.90. The first-order chi connectivity index (χ1) is 10.1. The zero-order valence-corrected chi connectivity index (χ0v) is 13.1. The van der Waals surface area contributed by atoms with Crippen molar-refractivity contribution in [2.24, 2.45) is 5.73 Å². The third-order valence-corrected chi connectivity index (χ3v) is 4.38. The molecule has 0 atom stereocenters. The topological polar surface area (TPSA) is 38.5 Å². The van der Waals surface area contributed by atoms with E-state index in [9.17, 15) is 4.39 Å². The predicted octanol–water partition coefficient (Wildman–Crippen LogP) is 3.32. The second kappa shape index (κ2) is 7.76. The Bertz CT molecular complexity index is 444. The average molecular weight is 294 g/mol. The molecule has 0 bridgehead atoms. The number of rotatable bonds is 6. The molecule has 0 spiro atoms. The number of nitrogens with zero attached hydrogens (tertiary/aromatic N) is 1. The average Bonchev–Trinajstić information content (AvgIpc) is 2.48. The molecule has 4 heteroatoms. The molecule has 1 aromatic rings. The quantitative estimate of drug-likeness (QED) is 0.874. The lowest BCUT2D eigenvalue weighted by Crippen LogP contribution is -2.41. The normalized spacial score (nSPS) is 22.5. The van der Waals surface area contributed by atoms with E-state index in [4.69, 9.17) is 10.5 Å². The van der Waals surface area contributed by atoms with Crippen LogP contribution in [-0.4, -0.2) is 30.6 Å². The van der Waals surface area contributed by atoms with Gasteiger partial charge in [-0.15, -0.1) is 0 Å². The predicted molar refractivity (Wildman–Crippen MR) is 83.9 cm³/mol. The highest BCUT2D eigenvalue weighted by molar-refractivity contribution is 5.33. The molecule has 0 aliphatic heterocycles. The van der Waals surface area contributed by atoms with Gasteiger partial charge in [0.1, 0.15) is 11.6 Å². The molecule has 21 heavy (non-hydrogen) atoms. The summed E-state index contributed by atoms with van der Waals surface area (Å²) in [5.74, 6) is 0.568. The Balaban J connectivity index is 2.10. The van der Waals surface area contributed by atoms with E-state index in [0.717, 1.165) is 56.5 Å². The molecular formula is C17H27FN2O. The summed E-state index contributed by atoms with van der Waals surface area (Å²) < 4.78 is 18.9. The van der Waals surface area contributed by atoms with E-state index >= 15 is 0 Å². The van der Waals surface area contributed by atoms with Crippen LogP contribution in [-0.2, 0) is 6.54 Å². The van der Waals surface area contributed by atoms with Crippen molar-refractivity contribution in [2.75, 3.05) is 13.7 Å². The summed E-state index contributed by atoms with van der Waals surface area (Å²) in [7, 11) is 1.64. The Kier molecular flexibility index (Phi) is 6.00. The number of benzene rings is 1. The Morgan fingerprint density at radius 2 is 2.00 bits per heavy atom. The molecule has 118 valence electrons. The minimum absolute atomic E-state index is 0.201. The van der Waals surface area contributed by atoms with Gasteiger partial charge in [0, 0.05) is 24.2 Å². The van der Waals surface area contributed by atoms with E-state index in [-0.39, 0.29) is 5.82 Å². The molecule has 1 aromatic carbocycles. The fourth-order valence-electron chi connectivity index (χ4n) is 3.23. The van der Waals surface area contributed by atoms with Gasteiger partial charge in [-0.3, -0.25) is 4.90 Å². The summed E-state index contributed by atoms with van der Waals surface area (Å²) in [6.45, 7) is 3.96. The van der Waals surface area contributed by atoms with Crippen molar-refractivity contribution in [3.8, 4) is 5.75 Å². The molecule has 2 N–H and O–H groups in total. The van der Waals surface area contributed by atoms with Crippen molar-refractivity contribution in [2.45, 2.75) is 57.7 Å². The fourth-order valence-corrected chi connectivity index (χ4v) is 3.23. The lowest BCUT2D eigenvalue weighted by Gasteiger charge is -2.36. The molecule has 2 rings (SSSR count). The minimum Gasteiger partial charge on any atom is -0.496 e. The van der Waals surface area contributed by atoms with E-state index in [1.165, 1.54) is 6.07 Å². The molecular weight excluding hydrogens is 267 g/mol. The van der Waals surface area contributed by atoms with E-state index in [2.05, 4.69) is 11.8 Å². The van der Waals surface area contributed by atoms with Crippen LogP contribution in [0.15, 0.2) is 18.2 Å². The summed E-state index contributed by atoms with van der Waals surface area (Å²) in [6, 6.07) is 5.67. The van der Waals surface area contributed by atoms with Gasteiger partial charge < -0.3 is 10.5 Å². The molecule has 1 aliphatic carbocycles. The van der Waals surface area contributed by atoms with Crippen LogP contribution in [0.2, 0.25) is 0 Å². The van der Waals surface area contributed by atoms with Gasteiger partial charge in [0.25, 0.3) is 0 Å². The summed E-state index contributed by atoms with van der Waals surface area (Å²) in [6.07, 6.45) is 5.55. The molecule has 1 saturated carbocycles. The largest absolute Gasteiger partial charge is 0.496 e. The third kappa shape index (κ3) is 4.42. The van der Waals surface area contributed by atoms with Crippen molar-refractivity contribution in [3.05, 3.63) is 29.6 Å². The Labute approximate surface area is 127 Å². The Morgan fingerprint density at radius 3 is 2.62 bits per heavy atom. The molecule has 0 heterocycles. The molecule has 0 unspecified atom stereocenters. The monoisotopic (exact) mass is 294 g/mol. The molecule has 1 aliphatic rings. The summed E-state index contributed by atoms with van der Waals surface area (Å²) in [5, 5.41) is 0. The lowest BCUT2D eigenvalue weighted by molar-refractivity contribution is 0.140. The molecule has 3 nitrogen and oxygen atoms in total. The number of nitrogens with two attached hydrogens (primary N) is 1. The highest BCUT2D eigenvalue weighted by atomic mass is 19.1. The maximum Gasteiger partial charge on any atom is 0.123 e. The molecule has 0 aromatic heterocycles. The van der Waals surface area contributed by atoms with Crippen molar-refractivity contribution in [3.63, 3.8) is 0 Å². The highest BCUT2D eigenvalue weighted by Crippen LogP contribution is 2.27. The number of halogens is 1. The second-order valence-electron chi connectivity index (χ2n) is 6.00. The molecule has 1 fully saturated rings. The van der Waals surface area contributed by atoms with Crippen LogP contribution in [0, 0.1) is 5.82 Å². The minimum atomic E-state index is -0.201. The Hall–Kier alpha value is -1.13. The molecule has 0 radical (unpaired) electrons. The number of ether oxygens (including phenoxy) is 1. The second-order valence-corrected chi connectivity index (χ2v) is 6.00. The first-order valence-corrected chi connectivity index (χ1v) is 7.96. The summed E-state index contributed by atoms with van der Waals surface area (Å²) >= 11 is 0. The maximum atomic E-state index is 13.5. The van der Waals surface area contributed by atoms with Crippen molar-refractivity contribution in [1.29, 1.82) is 0 Å². The zero-order chi connectivity index (χ0) is 15.2. The first kappa shape index (κ1) is 16.2. The van der Waals surface area contributed by atoms with E-state index in [1.54, 1.807) is 19.2 Å². The van der Waals surface area contributed by atoms with E-state index < -0.39 is 0 Å². The van der Waals surface area contributed by atoms with Gasteiger partial charge in [-0.1, -0.05) is 6.92 Å². The molecule has 0 amide bonds. The van der Waals surface area contributed by atoms with Crippen LogP contribution in [0.3, 0.4) is 0 Å². The first-order valence-electron chi connectivity index (χ1n) is 7.96. The number of hydrogen-bond donors (Lipinski definition) is 1. The van der Waals surface area contributed by atoms with Gasteiger partial charge in [-0.05, 0) is 56.8 Å². The molecule has 0 saturated heterocycles. The zero-order valence-electron chi connectivity index (χ0n) is 13.1. The van der Waals surface area contributed by atoms with Crippen molar-refractivity contribution < 1.29 is 9.13 Å². The van der Waals surface area contributed by atoms with Crippen LogP contribution < -0.4 is 10.5 Å². The third-order valence-electron chi connectivity index (χ3n) is 4.38.